The Morgan fingerprint density at radius 1 is 1.14 bits per heavy atom. The smallest absolute Gasteiger partial charge is 0.223 e. The van der Waals surface area contributed by atoms with Crippen LogP contribution >= 0.6 is 15.9 Å². The van der Waals surface area contributed by atoms with Crippen LogP contribution in [0.5, 0.6) is 17.2 Å². The van der Waals surface area contributed by atoms with Crippen LogP contribution in [0.2, 0.25) is 0 Å². The van der Waals surface area contributed by atoms with Gasteiger partial charge in [-0.05, 0) is 49.6 Å². The van der Waals surface area contributed by atoms with E-state index in [2.05, 4.69) is 15.9 Å². The predicted octanol–water partition coefficient (Wildman–Crippen LogP) is 4.99. The minimum atomic E-state index is 0.0550. The zero-order chi connectivity index (χ0) is 19.9. The maximum Gasteiger partial charge on any atom is 0.223 e. The van der Waals surface area contributed by atoms with Crippen LogP contribution in [0.1, 0.15) is 37.3 Å². The standard InChI is InChI=1S/C22H26BrNO4/c1-26-17-10-11-19(21(15-17)27-2)20-8-4-12-24(20)22(25)9-5-13-28-18-7-3-6-16(23)14-18/h3,6-7,10-11,14-15,20H,4-5,8-9,12-13H2,1-2H3. The SMILES string of the molecule is COc1ccc(C2CCCN2C(=O)CCCOc2cccc(Br)c2)c(OC)c1. The van der Waals surface area contributed by atoms with Crippen molar-refractivity contribution in [2.75, 3.05) is 27.4 Å². The first-order chi connectivity index (χ1) is 13.6. The molecule has 28 heavy (non-hydrogen) atoms. The van der Waals surface area contributed by atoms with Gasteiger partial charge in [0.2, 0.25) is 5.91 Å². The average molecular weight is 448 g/mol. The Balaban J connectivity index is 1.57. The van der Waals surface area contributed by atoms with Crippen molar-refractivity contribution >= 4 is 21.8 Å². The monoisotopic (exact) mass is 447 g/mol. The number of rotatable bonds is 8. The van der Waals surface area contributed by atoms with Gasteiger partial charge in [-0.3, -0.25) is 4.79 Å². The summed E-state index contributed by atoms with van der Waals surface area (Å²) in [4.78, 5) is 14.8. The lowest BCUT2D eigenvalue weighted by Gasteiger charge is -2.26. The molecule has 150 valence electrons. The average Bonchev–Trinajstić information content (AvgIpc) is 3.20. The first-order valence-corrected chi connectivity index (χ1v) is 10.3. The lowest BCUT2D eigenvalue weighted by molar-refractivity contribution is -0.132. The summed E-state index contributed by atoms with van der Waals surface area (Å²) in [6.07, 6.45) is 3.11. The number of benzene rings is 2. The van der Waals surface area contributed by atoms with Crippen molar-refractivity contribution in [2.24, 2.45) is 0 Å². The quantitative estimate of drug-likeness (QED) is 0.534. The molecule has 0 radical (unpaired) electrons. The Labute approximate surface area is 174 Å². The normalized spacial score (nSPS) is 16.1. The zero-order valence-corrected chi connectivity index (χ0v) is 17.9. The third-order valence-electron chi connectivity index (χ3n) is 4.97. The number of methoxy groups -OCH3 is 2. The summed E-state index contributed by atoms with van der Waals surface area (Å²) in [5.41, 5.74) is 1.04. The van der Waals surface area contributed by atoms with Gasteiger partial charge < -0.3 is 19.1 Å². The third-order valence-corrected chi connectivity index (χ3v) is 5.47. The second-order valence-corrected chi connectivity index (χ2v) is 7.68. The van der Waals surface area contributed by atoms with E-state index in [1.54, 1.807) is 14.2 Å². The first kappa shape index (κ1) is 20.5. The van der Waals surface area contributed by atoms with Gasteiger partial charge in [0.25, 0.3) is 0 Å². The number of amides is 1. The molecule has 5 nitrogen and oxygen atoms in total. The summed E-state index contributed by atoms with van der Waals surface area (Å²) in [7, 11) is 3.29. The number of carbonyl (C=O) groups excluding carboxylic acids is 1. The van der Waals surface area contributed by atoms with Gasteiger partial charge in [-0.2, -0.15) is 0 Å². The summed E-state index contributed by atoms with van der Waals surface area (Å²) in [6.45, 7) is 1.30. The van der Waals surface area contributed by atoms with Crippen LogP contribution in [0, 0.1) is 0 Å². The lowest BCUT2D eigenvalue weighted by Crippen LogP contribution is -2.30. The van der Waals surface area contributed by atoms with E-state index in [1.165, 1.54) is 0 Å². The van der Waals surface area contributed by atoms with Gasteiger partial charge in [-0.1, -0.05) is 22.0 Å². The van der Waals surface area contributed by atoms with Crippen LogP contribution in [0.3, 0.4) is 0 Å². The van der Waals surface area contributed by atoms with E-state index in [0.29, 0.717) is 19.4 Å². The number of nitrogens with zero attached hydrogens (tertiary/aromatic N) is 1. The van der Waals surface area contributed by atoms with Crippen molar-refractivity contribution in [1.82, 2.24) is 4.90 Å². The molecule has 0 bridgehead atoms. The van der Waals surface area contributed by atoms with E-state index in [0.717, 1.165) is 46.7 Å². The Morgan fingerprint density at radius 2 is 2.00 bits per heavy atom. The summed E-state index contributed by atoms with van der Waals surface area (Å²) in [5, 5.41) is 0. The first-order valence-electron chi connectivity index (χ1n) is 9.52. The van der Waals surface area contributed by atoms with Crippen LogP contribution in [0.15, 0.2) is 46.9 Å². The Morgan fingerprint density at radius 3 is 2.75 bits per heavy atom. The van der Waals surface area contributed by atoms with Crippen molar-refractivity contribution in [3.63, 3.8) is 0 Å². The summed E-state index contributed by atoms with van der Waals surface area (Å²) >= 11 is 3.43. The van der Waals surface area contributed by atoms with E-state index in [9.17, 15) is 4.79 Å². The molecule has 2 aromatic rings. The highest BCUT2D eigenvalue weighted by molar-refractivity contribution is 9.10. The molecular weight excluding hydrogens is 422 g/mol. The topological polar surface area (TPSA) is 48.0 Å². The Kier molecular flexibility index (Phi) is 7.20. The molecule has 0 spiro atoms. The Hall–Kier alpha value is -2.21. The second-order valence-electron chi connectivity index (χ2n) is 6.76. The van der Waals surface area contributed by atoms with Gasteiger partial charge in [0.15, 0.2) is 0 Å². The lowest BCUT2D eigenvalue weighted by atomic mass is 10.0. The number of hydrogen-bond donors (Lipinski definition) is 0. The fourth-order valence-electron chi connectivity index (χ4n) is 3.60. The molecule has 1 unspecified atom stereocenters. The molecule has 1 heterocycles. The van der Waals surface area contributed by atoms with Gasteiger partial charge in [-0.15, -0.1) is 0 Å². The van der Waals surface area contributed by atoms with Crippen LogP contribution in [-0.2, 0) is 4.79 Å². The Bertz CT molecular complexity index is 811. The molecule has 3 rings (SSSR count). The molecule has 1 amide bonds. The molecule has 1 aliphatic heterocycles. The highest BCUT2D eigenvalue weighted by atomic mass is 79.9. The second kappa shape index (κ2) is 9.82. The molecule has 0 aliphatic carbocycles. The minimum absolute atomic E-state index is 0.0550. The van der Waals surface area contributed by atoms with Crippen molar-refractivity contribution in [2.45, 2.75) is 31.7 Å². The minimum Gasteiger partial charge on any atom is -0.497 e. The molecule has 0 saturated carbocycles. The van der Waals surface area contributed by atoms with E-state index in [-0.39, 0.29) is 11.9 Å². The van der Waals surface area contributed by atoms with E-state index in [1.807, 2.05) is 47.4 Å². The number of likely N-dealkylation sites (tertiary alicyclic amines) is 1. The van der Waals surface area contributed by atoms with Gasteiger partial charge >= 0.3 is 0 Å². The third kappa shape index (κ3) is 4.98. The van der Waals surface area contributed by atoms with Crippen molar-refractivity contribution in [1.29, 1.82) is 0 Å². The number of carbonyl (C=O) groups is 1. The molecule has 1 atom stereocenters. The molecular formula is C22H26BrNO4. The van der Waals surface area contributed by atoms with Crippen LogP contribution in [0.25, 0.3) is 0 Å². The fraction of sp³-hybridized carbons (Fsp3) is 0.409. The van der Waals surface area contributed by atoms with Crippen molar-refractivity contribution in [3.8, 4) is 17.2 Å². The van der Waals surface area contributed by atoms with Crippen molar-refractivity contribution in [3.05, 3.63) is 52.5 Å². The summed E-state index contributed by atoms with van der Waals surface area (Å²) in [5.74, 6) is 2.49. The van der Waals surface area contributed by atoms with Gasteiger partial charge in [0, 0.05) is 29.1 Å². The van der Waals surface area contributed by atoms with Crippen LogP contribution in [0.4, 0.5) is 0 Å². The zero-order valence-electron chi connectivity index (χ0n) is 16.3. The van der Waals surface area contributed by atoms with Crippen LogP contribution < -0.4 is 14.2 Å². The number of hydrogen-bond acceptors (Lipinski definition) is 4. The maximum atomic E-state index is 12.8. The molecule has 0 N–H and O–H groups in total. The van der Waals surface area contributed by atoms with E-state index >= 15 is 0 Å². The molecule has 1 aliphatic rings. The van der Waals surface area contributed by atoms with E-state index in [4.69, 9.17) is 14.2 Å². The molecule has 6 heteroatoms. The number of ether oxygens (including phenoxy) is 3. The summed E-state index contributed by atoms with van der Waals surface area (Å²) < 4.78 is 17.5. The fourth-order valence-corrected chi connectivity index (χ4v) is 3.97. The van der Waals surface area contributed by atoms with Gasteiger partial charge in [0.1, 0.15) is 17.2 Å². The predicted molar refractivity (Wildman–Crippen MR) is 112 cm³/mol. The summed E-state index contributed by atoms with van der Waals surface area (Å²) in [6, 6.07) is 13.6. The highest BCUT2D eigenvalue weighted by Gasteiger charge is 2.31. The van der Waals surface area contributed by atoms with Crippen LogP contribution in [-0.4, -0.2) is 38.2 Å². The van der Waals surface area contributed by atoms with Gasteiger partial charge in [-0.25, -0.2) is 0 Å². The van der Waals surface area contributed by atoms with E-state index < -0.39 is 0 Å². The van der Waals surface area contributed by atoms with Crippen molar-refractivity contribution < 1.29 is 19.0 Å². The molecule has 1 saturated heterocycles. The molecule has 0 aromatic heterocycles. The van der Waals surface area contributed by atoms with Gasteiger partial charge in [0.05, 0.1) is 26.9 Å². The highest BCUT2D eigenvalue weighted by Crippen LogP contribution is 2.39. The molecule has 1 fully saturated rings. The maximum absolute atomic E-state index is 12.8. The largest absolute Gasteiger partial charge is 0.497 e. The molecule has 2 aromatic carbocycles. The number of halogens is 1.